The summed E-state index contributed by atoms with van der Waals surface area (Å²) in [7, 11) is 0. The van der Waals surface area contributed by atoms with Crippen molar-refractivity contribution in [3.05, 3.63) is 47.1 Å². The van der Waals surface area contributed by atoms with E-state index in [1.165, 1.54) is 5.56 Å². The van der Waals surface area contributed by atoms with Crippen LogP contribution in [0.2, 0.25) is 0 Å². The van der Waals surface area contributed by atoms with Gasteiger partial charge in [0.25, 0.3) is 0 Å². The Kier molecular flexibility index (Phi) is 3.15. The Morgan fingerprint density at radius 1 is 1.21 bits per heavy atom. The molecule has 4 nitrogen and oxygen atoms in total. The molecule has 0 aliphatic rings. The van der Waals surface area contributed by atoms with Crippen LogP contribution in [0.25, 0.3) is 10.2 Å². The number of rotatable bonds is 3. The Morgan fingerprint density at radius 3 is 2.74 bits per heavy atom. The van der Waals surface area contributed by atoms with Gasteiger partial charge in [-0.05, 0) is 35.6 Å². The third-order valence-corrected chi connectivity index (χ3v) is 4.08. The molecule has 0 fully saturated rings. The Balaban J connectivity index is 1.96. The highest BCUT2D eigenvalue weighted by Gasteiger charge is 2.08. The van der Waals surface area contributed by atoms with Crippen LogP contribution in [0.3, 0.4) is 0 Å². The van der Waals surface area contributed by atoms with Crippen LogP contribution in [0.15, 0.2) is 36.0 Å². The van der Waals surface area contributed by atoms with Gasteiger partial charge in [-0.1, -0.05) is 12.1 Å². The van der Waals surface area contributed by atoms with Gasteiger partial charge in [0.05, 0.1) is 10.2 Å². The lowest BCUT2D eigenvalue weighted by Crippen LogP contribution is -1.97. The van der Waals surface area contributed by atoms with Gasteiger partial charge in [-0.15, -0.1) is 11.3 Å². The lowest BCUT2D eigenvalue weighted by molar-refractivity contribution is 1.07. The van der Waals surface area contributed by atoms with Crippen LogP contribution < -0.4 is 11.1 Å². The number of nitrogens with zero attached hydrogens (tertiary/aromatic N) is 2. The summed E-state index contributed by atoms with van der Waals surface area (Å²) >= 11 is 1.66. The lowest BCUT2D eigenvalue weighted by Gasteiger charge is -2.07. The molecule has 0 atom stereocenters. The Hall–Kier alpha value is -1.98. The van der Waals surface area contributed by atoms with Crippen LogP contribution in [0, 0.1) is 6.92 Å². The van der Waals surface area contributed by atoms with Crippen LogP contribution in [0.1, 0.15) is 11.1 Å². The molecule has 2 heterocycles. The summed E-state index contributed by atoms with van der Waals surface area (Å²) in [6.07, 6.45) is 1.60. The van der Waals surface area contributed by atoms with Gasteiger partial charge in [-0.3, -0.25) is 0 Å². The number of fused-ring (bicyclic) bond motifs is 1. The Labute approximate surface area is 115 Å². The van der Waals surface area contributed by atoms with E-state index in [1.54, 1.807) is 17.7 Å². The van der Waals surface area contributed by atoms with E-state index in [2.05, 4.69) is 27.6 Å². The number of hydrogen-bond donors (Lipinski definition) is 2. The number of anilines is 2. The molecular formula is C14H14N4S. The second-order valence-corrected chi connectivity index (χ2v) is 5.22. The minimum absolute atomic E-state index is 0.558. The van der Waals surface area contributed by atoms with Crippen LogP contribution in [0.4, 0.5) is 11.5 Å². The highest BCUT2D eigenvalue weighted by molar-refractivity contribution is 7.18. The van der Waals surface area contributed by atoms with E-state index >= 15 is 0 Å². The third-order valence-electron chi connectivity index (χ3n) is 2.98. The monoisotopic (exact) mass is 270 g/mol. The molecule has 5 heteroatoms. The number of thiophene rings is 1. The summed E-state index contributed by atoms with van der Waals surface area (Å²) in [5.74, 6) is 0.851. The number of aryl methyl sites for hydroxylation is 1. The number of nitrogens with one attached hydrogen (secondary N) is 1. The largest absolute Gasteiger partial charge is 0.339 e. The number of nitrogens with two attached hydrogens (primary N) is 1. The quantitative estimate of drug-likeness (QED) is 0.767. The number of hydrogen-bond acceptors (Lipinski definition) is 5. The maximum atomic E-state index is 5.59. The molecule has 3 N–H and O–H groups in total. The van der Waals surface area contributed by atoms with Crippen molar-refractivity contribution in [1.82, 2.24) is 9.97 Å². The first-order chi connectivity index (χ1) is 9.28. The van der Waals surface area contributed by atoms with Gasteiger partial charge in [-0.2, -0.15) is 0 Å². The van der Waals surface area contributed by atoms with Crippen molar-refractivity contribution in [2.45, 2.75) is 13.5 Å². The molecule has 0 unspecified atom stereocenters. The molecule has 0 spiro atoms. The van der Waals surface area contributed by atoms with Gasteiger partial charge in [0.1, 0.15) is 6.33 Å². The molecule has 0 aliphatic carbocycles. The lowest BCUT2D eigenvalue weighted by atomic mass is 10.2. The summed E-state index contributed by atoms with van der Waals surface area (Å²) < 4.78 is 1.09. The zero-order valence-corrected chi connectivity index (χ0v) is 11.4. The fourth-order valence-electron chi connectivity index (χ4n) is 1.92. The Morgan fingerprint density at radius 2 is 2.00 bits per heavy atom. The first-order valence-electron chi connectivity index (χ1n) is 6.03. The fraction of sp³-hybridized carbons (Fsp3) is 0.143. The van der Waals surface area contributed by atoms with Gasteiger partial charge in [0, 0.05) is 12.2 Å². The number of benzene rings is 1. The highest BCUT2D eigenvalue weighted by atomic mass is 32.1. The zero-order valence-electron chi connectivity index (χ0n) is 10.6. The summed E-state index contributed by atoms with van der Waals surface area (Å²) in [6, 6.07) is 8.05. The Bertz CT molecular complexity index is 703. The molecule has 0 saturated heterocycles. The van der Waals surface area contributed by atoms with E-state index < -0.39 is 0 Å². The topological polar surface area (TPSA) is 63.8 Å². The third kappa shape index (κ3) is 2.30. The molecule has 3 aromatic rings. The predicted octanol–water partition coefficient (Wildman–Crippen LogP) is 3.20. The van der Waals surface area contributed by atoms with Crippen LogP contribution in [-0.4, -0.2) is 9.97 Å². The zero-order chi connectivity index (χ0) is 13.2. The molecule has 0 radical (unpaired) electrons. The van der Waals surface area contributed by atoms with E-state index in [0.29, 0.717) is 6.54 Å². The van der Waals surface area contributed by atoms with Crippen molar-refractivity contribution in [2.75, 3.05) is 5.32 Å². The van der Waals surface area contributed by atoms with Gasteiger partial charge >= 0.3 is 0 Å². The van der Waals surface area contributed by atoms with Crippen molar-refractivity contribution < 1.29 is 0 Å². The van der Waals surface area contributed by atoms with Crippen LogP contribution in [0.5, 0.6) is 0 Å². The van der Waals surface area contributed by atoms with Gasteiger partial charge in [0.2, 0.25) is 0 Å². The molecular weight excluding hydrogens is 256 g/mol. The molecule has 0 saturated carbocycles. The van der Waals surface area contributed by atoms with Crippen LogP contribution in [-0.2, 0) is 6.54 Å². The van der Waals surface area contributed by atoms with Crippen LogP contribution >= 0.6 is 11.3 Å². The standard InChI is InChI=1S/C14H14N4S/c1-9-7-19-13-12(9)16-8-17-14(13)18-11-4-2-10(6-15)3-5-11/h2-5,7-8H,6,15H2,1H3,(H,16,17,18). The SMILES string of the molecule is Cc1csc2c(Nc3ccc(CN)cc3)ncnc12. The average molecular weight is 270 g/mol. The second-order valence-electron chi connectivity index (χ2n) is 4.34. The second kappa shape index (κ2) is 4.95. The van der Waals surface area contributed by atoms with Crippen molar-refractivity contribution in [3.8, 4) is 0 Å². The maximum absolute atomic E-state index is 5.59. The average Bonchev–Trinajstić information content (AvgIpc) is 2.83. The van der Waals surface area contributed by atoms with Crippen molar-refractivity contribution in [3.63, 3.8) is 0 Å². The first kappa shape index (κ1) is 12.1. The van der Waals surface area contributed by atoms with E-state index in [1.807, 2.05) is 24.3 Å². The van der Waals surface area contributed by atoms with Gasteiger partial charge in [-0.25, -0.2) is 9.97 Å². The molecule has 0 bridgehead atoms. The van der Waals surface area contributed by atoms with E-state index in [9.17, 15) is 0 Å². The van der Waals surface area contributed by atoms with E-state index in [0.717, 1.165) is 27.3 Å². The highest BCUT2D eigenvalue weighted by Crippen LogP contribution is 2.30. The van der Waals surface area contributed by atoms with E-state index in [4.69, 9.17) is 5.73 Å². The summed E-state index contributed by atoms with van der Waals surface area (Å²) in [5.41, 5.74) is 9.91. The number of aromatic nitrogens is 2. The normalized spacial score (nSPS) is 10.8. The summed E-state index contributed by atoms with van der Waals surface area (Å²) in [4.78, 5) is 8.63. The van der Waals surface area contributed by atoms with Crippen molar-refractivity contribution in [1.29, 1.82) is 0 Å². The first-order valence-corrected chi connectivity index (χ1v) is 6.90. The molecule has 2 aromatic heterocycles. The minimum atomic E-state index is 0.558. The molecule has 1 aromatic carbocycles. The molecule has 3 rings (SSSR count). The molecule has 0 amide bonds. The molecule has 0 aliphatic heterocycles. The molecule has 96 valence electrons. The van der Waals surface area contributed by atoms with Crippen molar-refractivity contribution >= 4 is 33.1 Å². The van der Waals surface area contributed by atoms with Crippen molar-refractivity contribution in [2.24, 2.45) is 5.73 Å². The minimum Gasteiger partial charge on any atom is -0.339 e. The van der Waals surface area contributed by atoms with Gasteiger partial charge < -0.3 is 11.1 Å². The molecule has 19 heavy (non-hydrogen) atoms. The maximum Gasteiger partial charge on any atom is 0.151 e. The fourth-order valence-corrected chi connectivity index (χ4v) is 2.87. The van der Waals surface area contributed by atoms with Gasteiger partial charge in [0.15, 0.2) is 5.82 Å². The predicted molar refractivity (Wildman–Crippen MR) is 79.8 cm³/mol. The summed E-state index contributed by atoms with van der Waals surface area (Å²) in [6.45, 7) is 2.62. The smallest absolute Gasteiger partial charge is 0.151 e. The van der Waals surface area contributed by atoms with E-state index in [-0.39, 0.29) is 0 Å². The summed E-state index contributed by atoms with van der Waals surface area (Å²) in [5, 5.41) is 5.43.